The van der Waals surface area contributed by atoms with E-state index in [0.29, 0.717) is 0 Å². The van der Waals surface area contributed by atoms with Crippen molar-refractivity contribution in [3.63, 3.8) is 0 Å². The van der Waals surface area contributed by atoms with Gasteiger partial charge in [-0.2, -0.15) is 0 Å². The number of hydrogen-bond donors (Lipinski definition) is 1. The first-order valence-corrected chi connectivity index (χ1v) is 7.23. The predicted molar refractivity (Wildman–Crippen MR) is 69.7 cm³/mol. The third-order valence-corrected chi connectivity index (χ3v) is 4.72. The molecule has 2 rings (SSSR count). The van der Waals surface area contributed by atoms with Gasteiger partial charge in [0.1, 0.15) is 0 Å². The van der Waals surface area contributed by atoms with Gasteiger partial charge in [0, 0.05) is 18.6 Å². The van der Waals surface area contributed by atoms with Crippen LogP contribution in [0.1, 0.15) is 51.9 Å². The summed E-state index contributed by atoms with van der Waals surface area (Å²) < 4.78 is 0. The number of likely N-dealkylation sites (tertiary alicyclic amines) is 1. The molecule has 2 heteroatoms. The lowest BCUT2D eigenvalue weighted by Gasteiger charge is -2.42. The zero-order chi connectivity index (χ0) is 11.4. The Morgan fingerprint density at radius 3 is 2.50 bits per heavy atom. The molecule has 1 aliphatic carbocycles. The van der Waals surface area contributed by atoms with Crippen molar-refractivity contribution in [2.24, 2.45) is 5.92 Å². The molecule has 1 aliphatic heterocycles. The third kappa shape index (κ3) is 2.78. The molecule has 2 nitrogen and oxygen atoms in total. The van der Waals surface area contributed by atoms with Gasteiger partial charge in [0.2, 0.25) is 0 Å². The van der Waals surface area contributed by atoms with Gasteiger partial charge in [0.05, 0.1) is 0 Å². The average Bonchev–Trinajstić information content (AvgIpc) is 2.83. The third-order valence-electron chi connectivity index (χ3n) is 4.72. The van der Waals surface area contributed by atoms with Gasteiger partial charge in [0.25, 0.3) is 0 Å². The highest BCUT2D eigenvalue weighted by Crippen LogP contribution is 2.32. The Kier molecular flexibility index (Phi) is 4.66. The van der Waals surface area contributed by atoms with Crippen LogP contribution < -0.4 is 5.32 Å². The van der Waals surface area contributed by atoms with E-state index in [1.54, 1.807) is 0 Å². The number of rotatable bonds is 4. The second kappa shape index (κ2) is 6.02. The molecule has 2 fully saturated rings. The Hall–Kier alpha value is -0.0800. The van der Waals surface area contributed by atoms with Gasteiger partial charge in [0.15, 0.2) is 0 Å². The minimum Gasteiger partial charge on any atom is -0.318 e. The van der Waals surface area contributed by atoms with E-state index < -0.39 is 0 Å². The fourth-order valence-electron chi connectivity index (χ4n) is 3.72. The summed E-state index contributed by atoms with van der Waals surface area (Å²) in [5, 5.41) is 3.37. The minimum absolute atomic E-state index is 0.800. The molecular weight excluding hydrogens is 196 g/mol. The van der Waals surface area contributed by atoms with E-state index in [0.717, 1.165) is 18.0 Å². The van der Waals surface area contributed by atoms with Crippen molar-refractivity contribution in [2.45, 2.75) is 64.0 Å². The molecule has 16 heavy (non-hydrogen) atoms. The summed E-state index contributed by atoms with van der Waals surface area (Å²) >= 11 is 0. The fraction of sp³-hybridized carbons (Fsp3) is 1.00. The molecule has 0 aromatic heterocycles. The molecular formula is C14H28N2. The van der Waals surface area contributed by atoms with Crippen LogP contribution in [0.4, 0.5) is 0 Å². The van der Waals surface area contributed by atoms with E-state index in [9.17, 15) is 0 Å². The molecule has 2 aliphatic rings. The lowest BCUT2D eigenvalue weighted by Crippen LogP contribution is -2.51. The smallest absolute Gasteiger partial charge is 0.0223 e. The van der Waals surface area contributed by atoms with Gasteiger partial charge in [-0.05, 0) is 52.1 Å². The first-order valence-electron chi connectivity index (χ1n) is 7.23. The van der Waals surface area contributed by atoms with Crippen LogP contribution in [-0.2, 0) is 0 Å². The van der Waals surface area contributed by atoms with Crippen molar-refractivity contribution in [2.75, 3.05) is 20.1 Å². The maximum atomic E-state index is 3.37. The van der Waals surface area contributed by atoms with Crippen molar-refractivity contribution >= 4 is 0 Å². The van der Waals surface area contributed by atoms with Crippen LogP contribution in [0.5, 0.6) is 0 Å². The van der Waals surface area contributed by atoms with Gasteiger partial charge in [-0.25, -0.2) is 0 Å². The monoisotopic (exact) mass is 224 g/mol. The van der Waals surface area contributed by atoms with Crippen LogP contribution >= 0.6 is 0 Å². The van der Waals surface area contributed by atoms with Crippen LogP contribution in [0.25, 0.3) is 0 Å². The van der Waals surface area contributed by atoms with Crippen LogP contribution in [0, 0.1) is 5.92 Å². The molecule has 1 saturated carbocycles. The molecule has 0 radical (unpaired) electrons. The molecule has 2 unspecified atom stereocenters. The van der Waals surface area contributed by atoms with E-state index in [-0.39, 0.29) is 0 Å². The fourth-order valence-corrected chi connectivity index (χ4v) is 3.72. The Morgan fingerprint density at radius 2 is 1.81 bits per heavy atom. The van der Waals surface area contributed by atoms with Crippen molar-refractivity contribution < 1.29 is 0 Å². The molecule has 94 valence electrons. The Morgan fingerprint density at radius 1 is 1.12 bits per heavy atom. The van der Waals surface area contributed by atoms with Crippen LogP contribution in [-0.4, -0.2) is 37.1 Å². The molecule has 1 heterocycles. The van der Waals surface area contributed by atoms with Crippen LogP contribution in [0.3, 0.4) is 0 Å². The first-order chi connectivity index (χ1) is 7.83. The Labute approximate surface area is 101 Å². The molecule has 0 bridgehead atoms. The minimum atomic E-state index is 0.800. The maximum absolute atomic E-state index is 3.37. The molecule has 0 amide bonds. The van der Waals surface area contributed by atoms with Gasteiger partial charge < -0.3 is 5.32 Å². The summed E-state index contributed by atoms with van der Waals surface area (Å²) in [5.74, 6) is 0.984. The second-order valence-electron chi connectivity index (χ2n) is 5.73. The number of likely N-dealkylation sites (N-methyl/N-ethyl adjacent to an activating group) is 1. The summed E-state index contributed by atoms with van der Waals surface area (Å²) in [4.78, 5) is 2.80. The van der Waals surface area contributed by atoms with Gasteiger partial charge >= 0.3 is 0 Å². The molecule has 2 atom stereocenters. The SMILES string of the molecule is CNCC1CCCCN1C(C)C1CCCC1. The van der Waals surface area contributed by atoms with E-state index in [1.807, 2.05) is 0 Å². The van der Waals surface area contributed by atoms with Crippen LogP contribution in [0.15, 0.2) is 0 Å². The standard InChI is InChI=1S/C14H28N2/c1-12(13-7-3-4-8-13)16-10-6-5-9-14(16)11-15-2/h12-15H,3-11H2,1-2H3. The summed E-state index contributed by atoms with van der Waals surface area (Å²) in [6.45, 7) is 4.99. The lowest BCUT2D eigenvalue weighted by molar-refractivity contribution is 0.0721. The highest BCUT2D eigenvalue weighted by atomic mass is 15.2. The highest BCUT2D eigenvalue weighted by Gasteiger charge is 2.31. The van der Waals surface area contributed by atoms with Gasteiger partial charge in [-0.1, -0.05) is 19.3 Å². The Bertz CT molecular complexity index is 197. The van der Waals surface area contributed by atoms with Gasteiger partial charge in [-0.3, -0.25) is 4.90 Å². The summed E-state index contributed by atoms with van der Waals surface area (Å²) in [6, 6.07) is 1.62. The summed E-state index contributed by atoms with van der Waals surface area (Å²) in [6.07, 6.45) is 10.1. The van der Waals surface area contributed by atoms with E-state index in [4.69, 9.17) is 0 Å². The molecule has 0 spiro atoms. The quantitative estimate of drug-likeness (QED) is 0.790. The zero-order valence-electron chi connectivity index (χ0n) is 11.0. The van der Waals surface area contributed by atoms with E-state index in [1.165, 1.54) is 58.0 Å². The summed E-state index contributed by atoms with van der Waals surface area (Å²) in [5.41, 5.74) is 0. The lowest BCUT2D eigenvalue weighted by atomic mass is 9.92. The predicted octanol–water partition coefficient (Wildman–Crippen LogP) is 2.64. The van der Waals surface area contributed by atoms with E-state index in [2.05, 4.69) is 24.2 Å². The number of nitrogens with one attached hydrogen (secondary N) is 1. The number of piperidine rings is 1. The second-order valence-corrected chi connectivity index (χ2v) is 5.73. The topological polar surface area (TPSA) is 15.3 Å². The maximum Gasteiger partial charge on any atom is 0.0223 e. The molecule has 1 N–H and O–H groups in total. The van der Waals surface area contributed by atoms with E-state index >= 15 is 0 Å². The molecule has 1 saturated heterocycles. The van der Waals surface area contributed by atoms with Crippen molar-refractivity contribution in [1.82, 2.24) is 10.2 Å². The van der Waals surface area contributed by atoms with Gasteiger partial charge in [-0.15, -0.1) is 0 Å². The average molecular weight is 224 g/mol. The number of nitrogens with zero attached hydrogens (tertiary/aromatic N) is 1. The van der Waals surface area contributed by atoms with Crippen molar-refractivity contribution in [3.8, 4) is 0 Å². The Balaban J connectivity index is 1.92. The summed E-state index contributed by atoms with van der Waals surface area (Å²) in [7, 11) is 2.09. The normalized spacial score (nSPS) is 30.8. The largest absolute Gasteiger partial charge is 0.318 e. The first kappa shape index (κ1) is 12.4. The highest BCUT2D eigenvalue weighted by molar-refractivity contribution is 4.87. The number of hydrogen-bond acceptors (Lipinski definition) is 2. The molecule has 0 aromatic rings. The molecule has 0 aromatic carbocycles. The van der Waals surface area contributed by atoms with Crippen molar-refractivity contribution in [3.05, 3.63) is 0 Å². The van der Waals surface area contributed by atoms with Crippen LogP contribution in [0.2, 0.25) is 0 Å². The van der Waals surface area contributed by atoms with Crippen molar-refractivity contribution in [1.29, 1.82) is 0 Å². The zero-order valence-corrected chi connectivity index (χ0v) is 11.0.